The molecule has 0 bridgehead atoms. The molecular formula is C71H50N4. The largest absolute Gasteiger partial charge is 0.310 e. The van der Waals surface area contributed by atoms with Gasteiger partial charge in [-0.05, 0) is 165 Å². The zero-order valence-corrected chi connectivity index (χ0v) is 41.7. The molecule has 12 aromatic carbocycles. The van der Waals surface area contributed by atoms with Gasteiger partial charge in [-0.3, -0.25) is 0 Å². The van der Waals surface area contributed by atoms with Crippen LogP contribution in [0.25, 0.3) is 87.7 Å². The zero-order chi connectivity index (χ0) is 49.8. The van der Waals surface area contributed by atoms with Crippen molar-refractivity contribution in [3.05, 3.63) is 278 Å². The Morgan fingerprint density at radius 2 is 0.560 bits per heavy atom. The molecular weight excluding hydrogens is 909 g/mol. The van der Waals surface area contributed by atoms with Crippen LogP contribution in [0.4, 0.5) is 34.1 Å². The summed E-state index contributed by atoms with van der Waals surface area (Å²) in [6.07, 6.45) is 0. The van der Waals surface area contributed by atoms with Crippen LogP contribution < -0.4 is 9.80 Å². The quantitative estimate of drug-likeness (QED) is 0.151. The highest BCUT2D eigenvalue weighted by Crippen LogP contribution is 2.53. The third kappa shape index (κ3) is 6.76. The smallest absolute Gasteiger partial charge is 0.0541 e. The highest BCUT2D eigenvalue weighted by Gasteiger charge is 2.37. The first-order valence-electron chi connectivity index (χ1n) is 26.0. The van der Waals surface area contributed by atoms with E-state index in [0.717, 1.165) is 45.5 Å². The molecule has 0 radical (unpaired) electrons. The number of para-hydroxylation sites is 4. The topological polar surface area (TPSA) is 16.3 Å². The Labute approximate surface area is 435 Å². The molecule has 4 nitrogen and oxygen atoms in total. The molecule has 1 aliphatic carbocycles. The molecule has 0 amide bonds. The van der Waals surface area contributed by atoms with E-state index in [1.54, 1.807) is 0 Å². The summed E-state index contributed by atoms with van der Waals surface area (Å²) in [4.78, 5) is 4.86. The average molecular weight is 959 g/mol. The monoisotopic (exact) mass is 958 g/mol. The Hall–Kier alpha value is -9.64. The van der Waals surface area contributed by atoms with E-state index in [0.29, 0.717) is 0 Å². The third-order valence-corrected chi connectivity index (χ3v) is 16.0. The van der Waals surface area contributed by atoms with Gasteiger partial charge in [0.2, 0.25) is 0 Å². The maximum atomic E-state index is 2.44. The van der Waals surface area contributed by atoms with Gasteiger partial charge in [-0.1, -0.05) is 159 Å². The van der Waals surface area contributed by atoms with E-state index in [1.807, 2.05) is 0 Å². The maximum Gasteiger partial charge on any atom is 0.0541 e. The fourth-order valence-corrected chi connectivity index (χ4v) is 12.4. The second-order valence-electron chi connectivity index (χ2n) is 20.6. The van der Waals surface area contributed by atoms with Crippen LogP contribution in [0, 0.1) is 0 Å². The molecule has 4 heteroatoms. The second kappa shape index (κ2) is 16.7. The van der Waals surface area contributed by atoms with E-state index in [2.05, 4.69) is 300 Å². The van der Waals surface area contributed by atoms with Gasteiger partial charge in [0, 0.05) is 72.5 Å². The fourth-order valence-electron chi connectivity index (χ4n) is 12.4. The van der Waals surface area contributed by atoms with E-state index >= 15 is 0 Å². The third-order valence-electron chi connectivity index (χ3n) is 16.0. The van der Waals surface area contributed by atoms with Gasteiger partial charge < -0.3 is 18.9 Å². The van der Waals surface area contributed by atoms with Crippen molar-refractivity contribution < 1.29 is 0 Å². The van der Waals surface area contributed by atoms with Crippen molar-refractivity contribution in [2.24, 2.45) is 0 Å². The number of aromatic nitrogens is 2. The van der Waals surface area contributed by atoms with E-state index in [4.69, 9.17) is 0 Å². The van der Waals surface area contributed by atoms with Gasteiger partial charge in [-0.25, -0.2) is 0 Å². The number of anilines is 6. The standard InChI is InChI=1S/C71H50N4/c1-71(2)65-45-57(72(55-29-27-47-15-3-5-17-49(47)43-55)51-31-35-53(36-32-51)74-67-23-11-7-19-61(67)62-20-8-12-24-68(62)74)39-41-59(65)60-42-40-58(46-66(60)71)73(56-30-28-48-16-4-6-18-50(48)44-56)52-33-37-54(38-34-52)75-69-25-13-9-21-63(69)64-22-10-14-26-70(64)75/h3-46H,1-2H3. The minimum Gasteiger partial charge on any atom is -0.310 e. The number of rotatable bonds is 8. The predicted octanol–water partition coefficient (Wildman–Crippen LogP) is 19.4. The molecule has 0 aliphatic heterocycles. The van der Waals surface area contributed by atoms with Gasteiger partial charge in [0.15, 0.2) is 0 Å². The normalized spacial score (nSPS) is 12.8. The summed E-state index contributed by atoms with van der Waals surface area (Å²) in [6.45, 7) is 4.79. The van der Waals surface area contributed by atoms with Crippen LogP contribution in [0.1, 0.15) is 25.0 Å². The van der Waals surface area contributed by atoms with Gasteiger partial charge in [0.05, 0.1) is 22.1 Å². The summed E-state index contributed by atoms with van der Waals surface area (Å²) < 4.78 is 4.78. The van der Waals surface area contributed by atoms with Crippen LogP contribution in [0.2, 0.25) is 0 Å². The van der Waals surface area contributed by atoms with Crippen LogP contribution in [0.5, 0.6) is 0 Å². The summed E-state index contributed by atoms with van der Waals surface area (Å²) in [5, 5.41) is 9.90. The van der Waals surface area contributed by atoms with Crippen LogP contribution in [-0.4, -0.2) is 9.13 Å². The molecule has 354 valence electrons. The molecule has 0 spiro atoms. The lowest BCUT2D eigenvalue weighted by Gasteiger charge is -2.29. The van der Waals surface area contributed by atoms with Gasteiger partial charge in [0.25, 0.3) is 0 Å². The Bertz CT molecular complexity index is 4180. The van der Waals surface area contributed by atoms with Crippen LogP contribution in [0.15, 0.2) is 267 Å². The molecule has 0 N–H and O–H groups in total. The van der Waals surface area contributed by atoms with Crippen molar-refractivity contribution >= 4 is 99.3 Å². The summed E-state index contributed by atoms with van der Waals surface area (Å²) in [7, 11) is 0. The molecule has 2 heterocycles. The van der Waals surface area contributed by atoms with Gasteiger partial charge in [-0.2, -0.15) is 0 Å². The lowest BCUT2D eigenvalue weighted by Crippen LogP contribution is -2.17. The van der Waals surface area contributed by atoms with E-state index in [1.165, 1.54) is 87.4 Å². The molecule has 0 unspecified atom stereocenters. The summed E-state index contributed by atoms with van der Waals surface area (Å²) in [6, 6.07) is 98.3. The summed E-state index contributed by atoms with van der Waals surface area (Å²) in [5.74, 6) is 0. The molecule has 14 aromatic rings. The van der Waals surface area contributed by atoms with Crippen molar-refractivity contribution in [2.75, 3.05) is 9.80 Å². The highest BCUT2D eigenvalue weighted by atomic mass is 15.2. The fraction of sp³-hybridized carbons (Fsp3) is 0.0423. The van der Waals surface area contributed by atoms with Crippen molar-refractivity contribution in [3.8, 4) is 22.5 Å². The van der Waals surface area contributed by atoms with Crippen LogP contribution >= 0.6 is 0 Å². The molecule has 0 atom stereocenters. The lowest BCUT2D eigenvalue weighted by molar-refractivity contribution is 0.660. The van der Waals surface area contributed by atoms with Crippen LogP contribution in [-0.2, 0) is 5.41 Å². The van der Waals surface area contributed by atoms with Gasteiger partial charge >= 0.3 is 0 Å². The molecule has 0 saturated heterocycles. The SMILES string of the molecule is CC1(C)c2cc(N(c3ccc(-n4c5ccccc5c5ccccc54)cc3)c3ccc4ccccc4c3)ccc2-c2ccc(N(c3ccc(-n4c5ccccc5c5ccccc54)cc3)c3ccc4ccccc4c3)cc21. The van der Waals surface area contributed by atoms with Crippen molar-refractivity contribution in [1.29, 1.82) is 0 Å². The molecule has 0 fully saturated rings. The molecule has 75 heavy (non-hydrogen) atoms. The number of hydrogen-bond acceptors (Lipinski definition) is 2. The van der Waals surface area contributed by atoms with E-state index in [-0.39, 0.29) is 5.41 Å². The Morgan fingerprint density at radius 3 is 0.933 bits per heavy atom. The van der Waals surface area contributed by atoms with Crippen molar-refractivity contribution in [1.82, 2.24) is 9.13 Å². The number of hydrogen-bond donors (Lipinski definition) is 0. The first-order chi connectivity index (χ1) is 36.9. The Balaban J connectivity index is 0.834. The minimum absolute atomic E-state index is 0.304. The number of benzene rings is 12. The molecule has 2 aromatic heterocycles. The summed E-state index contributed by atoms with van der Waals surface area (Å²) in [5.41, 5.74) is 18.6. The minimum atomic E-state index is -0.304. The first-order valence-corrected chi connectivity index (χ1v) is 26.0. The van der Waals surface area contributed by atoms with Crippen molar-refractivity contribution in [2.45, 2.75) is 19.3 Å². The maximum absolute atomic E-state index is 2.44. The number of nitrogens with zero attached hydrogens (tertiary/aromatic N) is 4. The number of fused-ring (bicyclic) bond motifs is 11. The zero-order valence-electron chi connectivity index (χ0n) is 41.7. The van der Waals surface area contributed by atoms with Crippen molar-refractivity contribution in [3.63, 3.8) is 0 Å². The van der Waals surface area contributed by atoms with Gasteiger partial charge in [0.1, 0.15) is 0 Å². The van der Waals surface area contributed by atoms with Gasteiger partial charge in [-0.15, -0.1) is 0 Å². The van der Waals surface area contributed by atoms with Crippen LogP contribution in [0.3, 0.4) is 0 Å². The molecule has 0 saturated carbocycles. The van der Waals surface area contributed by atoms with E-state index in [9.17, 15) is 0 Å². The second-order valence-corrected chi connectivity index (χ2v) is 20.6. The van der Waals surface area contributed by atoms with E-state index < -0.39 is 0 Å². The predicted molar refractivity (Wildman–Crippen MR) is 317 cm³/mol. The Kier molecular flexibility index (Phi) is 9.58. The summed E-state index contributed by atoms with van der Waals surface area (Å²) >= 11 is 0. The first kappa shape index (κ1) is 43.0. The average Bonchev–Trinajstić information content (AvgIpc) is 4.13. The molecule has 15 rings (SSSR count). The highest BCUT2D eigenvalue weighted by molar-refractivity contribution is 6.10. The Morgan fingerprint density at radius 1 is 0.267 bits per heavy atom. The lowest BCUT2D eigenvalue weighted by atomic mass is 9.82. The molecule has 1 aliphatic rings.